The highest BCUT2D eigenvalue weighted by atomic mass is 79.9. The van der Waals surface area contributed by atoms with Crippen molar-refractivity contribution in [2.45, 2.75) is 56.1 Å². The molecule has 0 atom stereocenters. The molecule has 0 aromatic heterocycles. The summed E-state index contributed by atoms with van der Waals surface area (Å²) in [6, 6.07) is 36.8. The third-order valence-corrected chi connectivity index (χ3v) is 15.3. The highest BCUT2D eigenvalue weighted by Gasteiger charge is 2.17. The molecule has 5 aromatic carbocycles. The van der Waals surface area contributed by atoms with Gasteiger partial charge in [-0.1, -0.05) is 184 Å². The van der Waals surface area contributed by atoms with E-state index in [-0.39, 0.29) is 44.3 Å². The number of aryl methyl sites for hydroxylation is 2. The summed E-state index contributed by atoms with van der Waals surface area (Å²) >= 11 is 24.6. The predicted octanol–water partition coefficient (Wildman–Crippen LogP) is 11.9. The Morgan fingerprint density at radius 3 is 1.30 bits per heavy atom. The van der Waals surface area contributed by atoms with Gasteiger partial charge >= 0.3 is 0 Å². The minimum Gasteiger partial charge on any atom is -0.379 e. The Morgan fingerprint density at radius 1 is 0.543 bits per heavy atom. The van der Waals surface area contributed by atoms with Crippen molar-refractivity contribution in [3.8, 4) is 0 Å². The normalized spacial score (nSPS) is 13.3. The van der Waals surface area contributed by atoms with Gasteiger partial charge in [-0.05, 0) is 96.8 Å². The van der Waals surface area contributed by atoms with Gasteiger partial charge in [-0.2, -0.15) is 0 Å². The fraction of sp³-hybridized carbons (Fsp3) is 0.320. The zero-order valence-corrected chi connectivity index (χ0v) is 48.4. The van der Waals surface area contributed by atoms with Crippen LogP contribution in [0.2, 0.25) is 15.1 Å². The number of aliphatic imine (C=N–C) groups is 2. The number of halogens is 5. The zero-order chi connectivity index (χ0) is 48.7. The minimum atomic E-state index is 0. The third kappa shape index (κ3) is 22.5. The van der Waals surface area contributed by atoms with Crippen molar-refractivity contribution in [3.05, 3.63) is 174 Å². The Morgan fingerprint density at radius 2 is 0.914 bits per heavy atom. The van der Waals surface area contributed by atoms with Crippen LogP contribution in [0.5, 0.6) is 0 Å². The monoisotopic (exact) mass is 1210 g/mol. The van der Waals surface area contributed by atoms with Crippen LogP contribution in [0.4, 0.5) is 0 Å². The SMILES string of the molecule is Br.Br.Cc1ccc(CSC(=N)N)c(CSC(=N)N)c1.Cc1ccc(CSC2=NCN(CCc3ccccc3Cl)CN2)c(CSC2=NCN(CCc3ccccc3Cl)CN2)c1.NCCc1ccccc1Cl. The van der Waals surface area contributed by atoms with Gasteiger partial charge in [0.2, 0.25) is 0 Å². The van der Waals surface area contributed by atoms with Crippen LogP contribution in [-0.2, 0) is 42.3 Å². The number of thioether (sulfide) groups is 4. The van der Waals surface area contributed by atoms with E-state index in [0.29, 0.717) is 31.4 Å². The van der Waals surface area contributed by atoms with Gasteiger partial charge in [0.05, 0.1) is 26.7 Å². The highest BCUT2D eigenvalue weighted by molar-refractivity contribution is 8.93. The molecule has 0 bridgehead atoms. The number of amidine groups is 4. The minimum absolute atomic E-state index is 0. The predicted molar refractivity (Wildman–Crippen MR) is 321 cm³/mol. The summed E-state index contributed by atoms with van der Waals surface area (Å²) in [6.45, 7) is 9.70. The Hall–Kier alpha value is -2.91. The fourth-order valence-electron chi connectivity index (χ4n) is 6.87. The molecule has 7 rings (SSSR count). The van der Waals surface area contributed by atoms with Gasteiger partial charge in [0.25, 0.3) is 0 Å². The van der Waals surface area contributed by atoms with E-state index in [0.717, 1.165) is 99.3 Å². The summed E-state index contributed by atoms with van der Waals surface area (Å²) in [4.78, 5) is 14.2. The lowest BCUT2D eigenvalue weighted by molar-refractivity contribution is 0.270. The number of nitrogens with two attached hydrogens (primary N) is 3. The van der Waals surface area contributed by atoms with E-state index in [1.807, 2.05) is 79.7 Å². The summed E-state index contributed by atoms with van der Waals surface area (Å²) in [6.07, 6.45) is 2.70. The molecule has 0 radical (unpaired) electrons. The highest BCUT2D eigenvalue weighted by Crippen LogP contribution is 2.26. The molecule has 0 saturated heterocycles. The molecule has 0 aliphatic carbocycles. The molecular weight excluding hydrogens is 1150 g/mol. The topological polar surface area (TPSA) is 181 Å². The van der Waals surface area contributed by atoms with Crippen molar-refractivity contribution in [2.24, 2.45) is 27.2 Å². The molecule has 0 fully saturated rings. The summed E-state index contributed by atoms with van der Waals surface area (Å²) in [5.41, 5.74) is 27.0. The first-order chi connectivity index (χ1) is 32.9. The molecular formula is C50H64Br2Cl3N11S4. The average molecular weight is 1210 g/mol. The maximum Gasteiger partial charge on any atom is 0.159 e. The van der Waals surface area contributed by atoms with E-state index in [2.05, 4.69) is 63.8 Å². The number of benzene rings is 5. The van der Waals surface area contributed by atoms with E-state index in [4.69, 9.17) is 72.8 Å². The molecule has 2 heterocycles. The molecule has 0 spiro atoms. The molecule has 2 aliphatic rings. The van der Waals surface area contributed by atoms with Crippen molar-refractivity contribution >= 4 is 136 Å². The first-order valence-electron chi connectivity index (χ1n) is 22.1. The molecule has 5 aromatic rings. The lowest BCUT2D eigenvalue weighted by Crippen LogP contribution is -2.42. The van der Waals surface area contributed by atoms with Crippen LogP contribution in [0.15, 0.2) is 119 Å². The van der Waals surface area contributed by atoms with E-state index < -0.39 is 0 Å². The quantitative estimate of drug-likeness (QED) is 0.0369. The third-order valence-electron chi connectivity index (χ3n) is 10.6. The Labute approximate surface area is 467 Å². The molecule has 378 valence electrons. The summed E-state index contributed by atoms with van der Waals surface area (Å²) in [7, 11) is 0. The molecule has 10 N–H and O–H groups in total. The van der Waals surface area contributed by atoms with Gasteiger partial charge in [0.15, 0.2) is 20.7 Å². The smallest absolute Gasteiger partial charge is 0.159 e. The van der Waals surface area contributed by atoms with Crippen LogP contribution in [-0.4, -0.2) is 76.8 Å². The largest absolute Gasteiger partial charge is 0.379 e. The average Bonchev–Trinajstić information content (AvgIpc) is 3.33. The molecule has 2 aliphatic heterocycles. The number of nitrogens with one attached hydrogen (secondary N) is 4. The summed E-state index contributed by atoms with van der Waals surface area (Å²) in [5, 5.41) is 26.2. The van der Waals surface area contributed by atoms with Gasteiger partial charge in [-0.25, -0.2) is 9.98 Å². The van der Waals surface area contributed by atoms with Crippen molar-refractivity contribution in [2.75, 3.05) is 46.3 Å². The molecule has 0 saturated carbocycles. The molecule has 70 heavy (non-hydrogen) atoms. The van der Waals surface area contributed by atoms with Crippen LogP contribution in [0, 0.1) is 24.7 Å². The van der Waals surface area contributed by atoms with Gasteiger partial charge < -0.3 is 27.8 Å². The number of hydrogen-bond acceptors (Lipinski definition) is 13. The van der Waals surface area contributed by atoms with Crippen LogP contribution >= 0.6 is 116 Å². The second-order valence-electron chi connectivity index (χ2n) is 15.9. The standard InChI is InChI=1S/C31H36Cl2N6S2.C11H16N4S2.C8H10ClN.2BrH/c1-23-10-11-26(17-40-30-34-19-38(20-35-30)14-12-24-6-2-4-8-28(24)32)27(16-23)18-41-31-36-21-39(22-37-31)15-13-25-7-3-5-9-29(25)33;1-7-2-3-8(5-16-10(12)13)9(4-7)6-17-11(14)15;9-8-4-2-1-3-7(8)5-6-10;;/h2-11,16H,12-15,17-22H2,1H3,(H,34,35)(H,36,37);2-4H,5-6H2,1H3,(H3,12,13)(H3,14,15);1-4H,5-6,10H2;2*1H. The van der Waals surface area contributed by atoms with Gasteiger partial charge in [-0.3, -0.25) is 20.6 Å². The van der Waals surface area contributed by atoms with Crippen LogP contribution < -0.4 is 27.8 Å². The van der Waals surface area contributed by atoms with Crippen molar-refractivity contribution in [3.63, 3.8) is 0 Å². The van der Waals surface area contributed by atoms with E-state index in [1.165, 1.54) is 56.9 Å². The Bertz CT molecular complexity index is 2490. The number of nitrogens with zero attached hydrogens (tertiary/aromatic N) is 4. The zero-order valence-electron chi connectivity index (χ0n) is 39.4. The van der Waals surface area contributed by atoms with Crippen LogP contribution in [0.25, 0.3) is 0 Å². The van der Waals surface area contributed by atoms with E-state index in [1.54, 1.807) is 23.5 Å². The second-order valence-corrected chi connectivity index (χ2v) is 21.1. The molecule has 20 heteroatoms. The lowest BCUT2D eigenvalue weighted by Gasteiger charge is -2.27. The fourth-order valence-corrected chi connectivity index (χ4v) is 10.5. The van der Waals surface area contributed by atoms with Crippen molar-refractivity contribution in [1.29, 1.82) is 10.8 Å². The second kappa shape index (κ2) is 33.7. The van der Waals surface area contributed by atoms with Gasteiger partial charge in [-0.15, -0.1) is 34.0 Å². The maximum absolute atomic E-state index is 7.22. The van der Waals surface area contributed by atoms with Crippen molar-refractivity contribution in [1.82, 2.24) is 20.4 Å². The Kier molecular flexibility index (Phi) is 29.6. The first kappa shape index (κ1) is 61.4. The van der Waals surface area contributed by atoms with Gasteiger partial charge in [0, 0.05) is 51.2 Å². The maximum atomic E-state index is 7.22. The summed E-state index contributed by atoms with van der Waals surface area (Å²) < 4.78 is 0. The van der Waals surface area contributed by atoms with E-state index >= 15 is 0 Å². The molecule has 0 amide bonds. The molecule has 0 unspecified atom stereocenters. The number of hydrogen-bond donors (Lipinski definition) is 7. The van der Waals surface area contributed by atoms with Crippen molar-refractivity contribution < 1.29 is 0 Å². The Balaban J connectivity index is 0.000000367. The van der Waals surface area contributed by atoms with Gasteiger partial charge in [0.1, 0.15) is 0 Å². The molecule has 11 nitrogen and oxygen atoms in total. The first-order valence-corrected chi connectivity index (χ1v) is 27.2. The van der Waals surface area contributed by atoms with E-state index in [9.17, 15) is 0 Å². The van der Waals surface area contributed by atoms with Crippen LogP contribution in [0.3, 0.4) is 0 Å². The lowest BCUT2D eigenvalue weighted by atomic mass is 10.1. The summed E-state index contributed by atoms with van der Waals surface area (Å²) in [5.74, 6) is 3.14. The number of rotatable bonds is 16. The van der Waals surface area contributed by atoms with Crippen LogP contribution in [0.1, 0.15) is 50.1 Å².